The van der Waals surface area contributed by atoms with Crippen LogP contribution in [0.1, 0.15) is 43.1 Å². The second kappa shape index (κ2) is 6.08. The Balaban J connectivity index is 1.67. The summed E-state index contributed by atoms with van der Waals surface area (Å²) in [5, 5.41) is 11.1. The lowest BCUT2D eigenvalue weighted by Crippen LogP contribution is -2.38. The van der Waals surface area contributed by atoms with Gasteiger partial charge in [0.1, 0.15) is 0 Å². The zero-order valence-electron chi connectivity index (χ0n) is 12.2. The van der Waals surface area contributed by atoms with Gasteiger partial charge in [-0.25, -0.2) is 4.68 Å². The molecule has 5 nitrogen and oxygen atoms in total. The minimum atomic E-state index is -0.128. The maximum atomic E-state index is 12.2. The molecule has 5 heteroatoms. The molecule has 21 heavy (non-hydrogen) atoms. The topological polar surface area (TPSA) is 59.8 Å². The second-order valence-corrected chi connectivity index (χ2v) is 5.83. The fraction of sp³-hybridized carbons (Fsp3) is 0.438. The highest BCUT2D eigenvalue weighted by molar-refractivity contribution is 5.92. The molecule has 1 amide bonds. The first-order chi connectivity index (χ1) is 10.2. The molecule has 2 atom stereocenters. The third kappa shape index (κ3) is 3.29. The Bertz CT molecular complexity index is 608. The van der Waals surface area contributed by atoms with Gasteiger partial charge in [0, 0.05) is 6.04 Å². The number of nitrogens with one attached hydrogen (secondary N) is 1. The summed E-state index contributed by atoms with van der Waals surface area (Å²) >= 11 is 0. The lowest BCUT2D eigenvalue weighted by molar-refractivity contribution is 0.0916. The molecule has 1 aliphatic carbocycles. The van der Waals surface area contributed by atoms with Crippen molar-refractivity contribution in [3.05, 3.63) is 42.2 Å². The molecule has 0 bridgehead atoms. The fourth-order valence-electron chi connectivity index (χ4n) is 2.90. The van der Waals surface area contributed by atoms with E-state index in [0.717, 1.165) is 18.5 Å². The van der Waals surface area contributed by atoms with Crippen molar-refractivity contribution in [3.8, 4) is 5.69 Å². The molecule has 3 rings (SSSR count). The summed E-state index contributed by atoms with van der Waals surface area (Å²) in [7, 11) is 0. The van der Waals surface area contributed by atoms with E-state index in [0.29, 0.717) is 11.6 Å². The zero-order chi connectivity index (χ0) is 14.7. The number of hydrogen-bond acceptors (Lipinski definition) is 3. The van der Waals surface area contributed by atoms with Crippen LogP contribution in [0.2, 0.25) is 0 Å². The Morgan fingerprint density at radius 3 is 2.86 bits per heavy atom. The summed E-state index contributed by atoms with van der Waals surface area (Å²) < 4.78 is 1.62. The number of aromatic nitrogens is 3. The molecule has 110 valence electrons. The van der Waals surface area contributed by atoms with E-state index in [4.69, 9.17) is 0 Å². The molecule has 0 saturated heterocycles. The molecule has 1 N–H and O–H groups in total. The lowest BCUT2D eigenvalue weighted by atomic mass is 9.87. The van der Waals surface area contributed by atoms with Crippen LogP contribution in [0.3, 0.4) is 0 Å². The van der Waals surface area contributed by atoms with Crippen molar-refractivity contribution >= 4 is 5.91 Å². The van der Waals surface area contributed by atoms with Crippen molar-refractivity contribution in [1.82, 2.24) is 20.3 Å². The Labute approximate surface area is 124 Å². The molecule has 0 radical (unpaired) electrons. The monoisotopic (exact) mass is 284 g/mol. The highest BCUT2D eigenvalue weighted by Gasteiger charge is 2.22. The van der Waals surface area contributed by atoms with Crippen LogP contribution in [0.4, 0.5) is 0 Å². The Morgan fingerprint density at radius 1 is 1.29 bits per heavy atom. The summed E-state index contributed by atoms with van der Waals surface area (Å²) in [6.07, 6.45) is 6.23. The third-order valence-corrected chi connectivity index (χ3v) is 4.02. The van der Waals surface area contributed by atoms with Crippen LogP contribution in [0.5, 0.6) is 0 Å². The van der Waals surface area contributed by atoms with E-state index < -0.39 is 0 Å². The molecule has 2 aromatic rings. The summed E-state index contributed by atoms with van der Waals surface area (Å²) in [5.74, 6) is 0.556. The minimum Gasteiger partial charge on any atom is -0.348 e. The molecule has 1 aromatic heterocycles. The van der Waals surface area contributed by atoms with Gasteiger partial charge in [-0.05, 0) is 30.9 Å². The van der Waals surface area contributed by atoms with Crippen molar-refractivity contribution in [2.24, 2.45) is 5.92 Å². The summed E-state index contributed by atoms with van der Waals surface area (Å²) in [6, 6.07) is 9.93. The highest BCUT2D eigenvalue weighted by Crippen LogP contribution is 2.23. The van der Waals surface area contributed by atoms with E-state index in [2.05, 4.69) is 22.6 Å². The van der Waals surface area contributed by atoms with Crippen LogP contribution in [0.25, 0.3) is 5.69 Å². The van der Waals surface area contributed by atoms with E-state index in [1.165, 1.54) is 12.8 Å². The van der Waals surface area contributed by atoms with E-state index in [1.807, 2.05) is 30.3 Å². The Morgan fingerprint density at radius 2 is 2.10 bits per heavy atom. The third-order valence-electron chi connectivity index (χ3n) is 4.02. The van der Waals surface area contributed by atoms with Crippen LogP contribution in [0, 0.1) is 5.92 Å². The van der Waals surface area contributed by atoms with Crippen LogP contribution < -0.4 is 5.32 Å². The van der Waals surface area contributed by atoms with Gasteiger partial charge >= 0.3 is 0 Å². The zero-order valence-corrected chi connectivity index (χ0v) is 12.2. The maximum Gasteiger partial charge on any atom is 0.273 e. The first-order valence-electron chi connectivity index (χ1n) is 7.51. The number of benzene rings is 1. The molecular formula is C16H20N4O. The Hall–Kier alpha value is -2.17. The standard InChI is InChI=1S/C16H20N4O/c1-12-6-5-7-13(10-12)17-16(21)15-11-20(19-18-15)14-8-3-2-4-9-14/h2-4,8-9,11-13H,5-7,10H2,1H3,(H,17,21)/t12-,13-/m0/s1. The van der Waals surface area contributed by atoms with Gasteiger partial charge in [0.15, 0.2) is 5.69 Å². The van der Waals surface area contributed by atoms with E-state index in [9.17, 15) is 4.79 Å². The molecule has 1 fully saturated rings. The number of amides is 1. The number of carbonyl (C=O) groups is 1. The lowest BCUT2D eigenvalue weighted by Gasteiger charge is -2.27. The Kier molecular flexibility index (Phi) is 3.99. The molecule has 0 unspecified atom stereocenters. The van der Waals surface area contributed by atoms with Crippen molar-refractivity contribution in [2.45, 2.75) is 38.6 Å². The molecular weight excluding hydrogens is 264 g/mol. The predicted molar refractivity (Wildman–Crippen MR) is 80.2 cm³/mol. The van der Waals surface area contributed by atoms with E-state index in [1.54, 1.807) is 10.9 Å². The average Bonchev–Trinajstić information content (AvgIpc) is 2.98. The molecule has 1 aromatic carbocycles. The van der Waals surface area contributed by atoms with Gasteiger partial charge in [-0.3, -0.25) is 4.79 Å². The van der Waals surface area contributed by atoms with Crippen molar-refractivity contribution in [1.29, 1.82) is 0 Å². The van der Waals surface area contributed by atoms with Gasteiger partial charge in [-0.15, -0.1) is 5.10 Å². The van der Waals surface area contributed by atoms with Gasteiger partial charge < -0.3 is 5.32 Å². The largest absolute Gasteiger partial charge is 0.348 e. The SMILES string of the molecule is C[C@H]1CCC[C@H](NC(=O)c2cn(-c3ccccc3)nn2)C1. The van der Waals surface area contributed by atoms with Crippen LogP contribution >= 0.6 is 0 Å². The molecule has 0 spiro atoms. The van der Waals surface area contributed by atoms with Crippen LogP contribution in [-0.4, -0.2) is 26.9 Å². The van der Waals surface area contributed by atoms with Gasteiger partial charge in [-0.1, -0.05) is 43.2 Å². The second-order valence-electron chi connectivity index (χ2n) is 5.83. The van der Waals surface area contributed by atoms with Crippen LogP contribution in [-0.2, 0) is 0 Å². The van der Waals surface area contributed by atoms with Crippen molar-refractivity contribution in [2.75, 3.05) is 0 Å². The first-order valence-corrected chi connectivity index (χ1v) is 7.51. The average molecular weight is 284 g/mol. The predicted octanol–water partition coefficient (Wildman–Crippen LogP) is 2.58. The van der Waals surface area contributed by atoms with Crippen molar-refractivity contribution < 1.29 is 4.79 Å². The number of hydrogen-bond donors (Lipinski definition) is 1. The quantitative estimate of drug-likeness (QED) is 0.942. The highest BCUT2D eigenvalue weighted by atomic mass is 16.2. The number of nitrogens with zero attached hydrogens (tertiary/aromatic N) is 3. The number of carbonyl (C=O) groups excluding carboxylic acids is 1. The van der Waals surface area contributed by atoms with Gasteiger partial charge in [-0.2, -0.15) is 0 Å². The summed E-state index contributed by atoms with van der Waals surface area (Å²) in [4.78, 5) is 12.2. The number of para-hydroxylation sites is 1. The van der Waals surface area contributed by atoms with Gasteiger partial charge in [0.05, 0.1) is 11.9 Å². The normalized spacial score (nSPS) is 22.0. The van der Waals surface area contributed by atoms with Crippen LogP contribution in [0.15, 0.2) is 36.5 Å². The van der Waals surface area contributed by atoms with E-state index >= 15 is 0 Å². The smallest absolute Gasteiger partial charge is 0.273 e. The summed E-state index contributed by atoms with van der Waals surface area (Å²) in [5.41, 5.74) is 1.27. The van der Waals surface area contributed by atoms with E-state index in [-0.39, 0.29) is 11.9 Å². The number of rotatable bonds is 3. The fourth-order valence-corrected chi connectivity index (χ4v) is 2.90. The van der Waals surface area contributed by atoms with Crippen molar-refractivity contribution in [3.63, 3.8) is 0 Å². The molecule has 1 aliphatic rings. The van der Waals surface area contributed by atoms with Gasteiger partial charge in [0.2, 0.25) is 0 Å². The maximum absolute atomic E-state index is 12.2. The molecule has 1 saturated carbocycles. The molecule has 0 aliphatic heterocycles. The summed E-state index contributed by atoms with van der Waals surface area (Å²) in [6.45, 7) is 2.24. The minimum absolute atomic E-state index is 0.128. The molecule has 1 heterocycles. The van der Waals surface area contributed by atoms with Gasteiger partial charge in [0.25, 0.3) is 5.91 Å². The first kappa shape index (κ1) is 13.8.